The highest BCUT2D eigenvalue weighted by Gasteiger charge is 2.52. The smallest absolute Gasteiger partial charge is 0.277 e. The second-order valence-electron chi connectivity index (χ2n) is 3.07. The van der Waals surface area contributed by atoms with Crippen LogP contribution in [0.5, 0.6) is 0 Å². The first-order valence-electron chi connectivity index (χ1n) is 3.92. The van der Waals surface area contributed by atoms with Crippen LogP contribution in [0.4, 0.5) is 0 Å². The van der Waals surface area contributed by atoms with Gasteiger partial charge in [-0.1, -0.05) is 0 Å². The molecule has 0 bridgehead atoms. The molecule has 1 fully saturated rings. The van der Waals surface area contributed by atoms with Crippen LogP contribution in [-0.4, -0.2) is 67.7 Å². The van der Waals surface area contributed by atoms with Crippen molar-refractivity contribution in [1.29, 1.82) is 0 Å². The van der Waals surface area contributed by atoms with Crippen molar-refractivity contribution in [2.75, 3.05) is 6.61 Å². The summed E-state index contributed by atoms with van der Waals surface area (Å²) < 4.78 is 4.55. The molecule has 1 aliphatic rings. The molecule has 8 heteroatoms. The highest BCUT2D eigenvalue weighted by atomic mass is 16.7. The Kier molecular flexibility index (Phi) is 3.40. The molecule has 1 rings (SSSR count). The van der Waals surface area contributed by atoms with E-state index in [1.807, 2.05) is 0 Å². The lowest BCUT2D eigenvalue weighted by atomic mass is 9.97. The summed E-state index contributed by atoms with van der Waals surface area (Å²) >= 11 is 0. The van der Waals surface area contributed by atoms with Crippen molar-refractivity contribution in [3.05, 3.63) is 0 Å². The number of hydrogen-bond donors (Lipinski definition) is 7. The van der Waals surface area contributed by atoms with E-state index in [0.717, 1.165) is 0 Å². The molecule has 7 N–H and O–H groups in total. The average Bonchev–Trinajstić information content (AvgIpc) is 2.20. The number of rotatable bonds is 2. The van der Waals surface area contributed by atoms with Crippen molar-refractivity contribution in [2.45, 2.75) is 30.3 Å². The van der Waals surface area contributed by atoms with Gasteiger partial charge in [-0.3, -0.25) is 0 Å². The third kappa shape index (κ3) is 1.74. The van der Waals surface area contributed by atoms with Gasteiger partial charge in [-0.2, -0.15) is 0 Å². The molecule has 0 aliphatic carbocycles. The van der Waals surface area contributed by atoms with Gasteiger partial charge in [0.15, 0.2) is 6.10 Å². The van der Waals surface area contributed by atoms with E-state index in [2.05, 4.69) is 4.74 Å². The Labute approximate surface area is 78.9 Å². The molecular weight excluding hydrogens is 198 g/mol. The van der Waals surface area contributed by atoms with E-state index in [-0.39, 0.29) is 0 Å². The summed E-state index contributed by atoms with van der Waals surface area (Å²) in [6, 6.07) is 0. The lowest BCUT2D eigenvalue weighted by Gasteiger charge is -2.43. The molecular formula is C6H13NO7. The lowest BCUT2D eigenvalue weighted by Crippen LogP contribution is -2.70. The Morgan fingerprint density at radius 3 is 2.21 bits per heavy atom. The second kappa shape index (κ2) is 4.04. The Bertz CT molecular complexity index is 201. The van der Waals surface area contributed by atoms with Crippen LogP contribution in [-0.2, 0) is 4.74 Å². The summed E-state index contributed by atoms with van der Waals surface area (Å²) in [5.41, 5.74) is 1.25. The lowest BCUT2D eigenvalue weighted by molar-refractivity contribution is -0.385. The van der Waals surface area contributed by atoms with Gasteiger partial charge in [-0.25, -0.2) is 0 Å². The molecule has 0 spiro atoms. The highest BCUT2D eigenvalue weighted by Crippen LogP contribution is 2.25. The van der Waals surface area contributed by atoms with Crippen LogP contribution < -0.4 is 5.48 Å². The van der Waals surface area contributed by atoms with Gasteiger partial charge in [-0.05, 0) is 0 Å². The normalized spacial score (nSPS) is 49.3. The van der Waals surface area contributed by atoms with Gasteiger partial charge in [0.2, 0.25) is 0 Å². The first-order chi connectivity index (χ1) is 6.46. The van der Waals surface area contributed by atoms with E-state index >= 15 is 0 Å². The summed E-state index contributed by atoms with van der Waals surface area (Å²) in [5.74, 6) is -2.61. The maximum absolute atomic E-state index is 9.32. The van der Waals surface area contributed by atoms with Gasteiger partial charge in [0.05, 0.1) is 6.61 Å². The predicted octanol–water partition coefficient (Wildman–Crippen LogP) is -3.91. The maximum Gasteiger partial charge on any atom is 0.277 e. The maximum atomic E-state index is 9.32. The van der Waals surface area contributed by atoms with Crippen LogP contribution >= 0.6 is 0 Å². The molecule has 0 radical (unpaired) electrons. The Morgan fingerprint density at radius 2 is 1.79 bits per heavy atom. The van der Waals surface area contributed by atoms with Crippen LogP contribution in [0.1, 0.15) is 0 Å². The van der Waals surface area contributed by atoms with Crippen molar-refractivity contribution in [1.82, 2.24) is 5.48 Å². The van der Waals surface area contributed by atoms with Crippen LogP contribution in [0.15, 0.2) is 0 Å². The molecule has 5 atom stereocenters. The summed E-state index contributed by atoms with van der Waals surface area (Å²) in [6.45, 7) is -0.686. The van der Waals surface area contributed by atoms with Crippen LogP contribution in [0.25, 0.3) is 0 Å². The summed E-state index contributed by atoms with van der Waals surface area (Å²) in [5, 5.41) is 54.1. The highest BCUT2D eigenvalue weighted by molar-refractivity contribution is 4.93. The minimum absolute atomic E-state index is 0.686. The van der Waals surface area contributed by atoms with Crippen LogP contribution in [0.3, 0.4) is 0 Å². The van der Waals surface area contributed by atoms with Gasteiger partial charge in [-0.15, -0.1) is 5.48 Å². The van der Waals surface area contributed by atoms with Crippen molar-refractivity contribution in [3.63, 3.8) is 0 Å². The third-order valence-electron chi connectivity index (χ3n) is 2.13. The molecule has 0 aromatic rings. The number of aliphatic hydroxyl groups excluding tert-OH is 4. The number of hydroxylamine groups is 1. The van der Waals surface area contributed by atoms with Crippen LogP contribution in [0.2, 0.25) is 0 Å². The Hall–Kier alpha value is -0.320. The molecule has 1 heterocycles. The first kappa shape index (κ1) is 11.8. The van der Waals surface area contributed by atoms with Crippen molar-refractivity contribution < 1.29 is 35.5 Å². The zero-order chi connectivity index (χ0) is 10.9. The van der Waals surface area contributed by atoms with Gasteiger partial charge in [0.25, 0.3) is 5.91 Å². The molecule has 0 amide bonds. The number of hydrogen-bond acceptors (Lipinski definition) is 8. The fourth-order valence-corrected chi connectivity index (χ4v) is 1.25. The molecule has 1 unspecified atom stereocenters. The van der Waals surface area contributed by atoms with E-state index in [4.69, 9.17) is 10.3 Å². The molecule has 14 heavy (non-hydrogen) atoms. The Morgan fingerprint density at radius 1 is 1.21 bits per heavy atom. The van der Waals surface area contributed by atoms with Gasteiger partial charge < -0.3 is 35.5 Å². The molecule has 1 saturated heterocycles. The quantitative estimate of drug-likeness (QED) is 0.181. The van der Waals surface area contributed by atoms with Gasteiger partial charge in [0.1, 0.15) is 18.3 Å². The number of aliphatic hydroxyl groups is 5. The fraction of sp³-hybridized carbons (Fsp3) is 1.00. The van der Waals surface area contributed by atoms with E-state index in [1.54, 1.807) is 0 Å². The summed E-state index contributed by atoms with van der Waals surface area (Å²) in [4.78, 5) is 0. The Balaban J connectivity index is 2.84. The minimum atomic E-state index is -2.61. The van der Waals surface area contributed by atoms with Crippen molar-refractivity contribution in [2.24, 2.45) is 0 Å². The van der Waals surface area contributed by atoms with E-state index < -0.39 is 36.9 Å². The van der Waals surface area contributed by atoms with Crippen molar-refractivity contribution >= 4 is 0 Å². The predicted molar refractivity (Wildman–Crippen MR) is 39.9 cm³/mol. The molecule has 8 nitrogen and oxygen atoms in total. The third-order valence-corrected chi connectivity index (χ3v) is 2.13. The van der Waals surface area contributed by atoms with E-state index in [9.17, 15) is 20.4 Å². The standard InChI is InChI=1S/C6H13NO7/c8-1-2-3(9)4(10)5(11)6(12,7-13)14-2/h2-5,7-13H,1H2/t2-,3-,4+,5-,6?/m1/s1. The summed E-state index contributed by atoms with van der Waals surface area (Å²) in [6.07, 6.45) is -6.54. The second-order valence-corrected chi connectivity index (χ2v) is 3.07. The SMILES string of the molecule is OC[C@H]1OC(O)(NO)[C@H](O)[C@@H](O)[C@@H]1O. The average molecular weight is 211 g/mol. The number of nitrogens with one attached hydrogen (secondary N) is 1. The van der Waals surface area contributed by atoms with Crippen LogP contribution in [0, 0.1) is 0 Å². The van der Waals surface area contributed by atoms with Gasteiger partial charge in [0, 0.05) is 0 Å². The van der Waals surface area contributed by atoms with E-state index in [1.165, 1.54) is 5.48 Å². The zero-order valence-electron chi connectivity index (χ0n) is 7.11. The first-order valence-corrected chi connectivity index (χ1v) is 3.92. The minimum Gasteiger partial charge on any atom is -0.394 e. The number of ether oxygens (including phenoxy) is 1. The van der Waals surface area contributed by atoms with E-state index in [0.29, 0.717) is 0 Å². The molecule has 0 aromatic carbocycles. The monoisotopic (exact) mass is 211 g/mol. The topological polar surface area (TPSA) is 143 Å². The van der Waals surface area contributed by atoms with Crippen molar-refractivity contribution in [3.8, 4) is 0 Å². The molecule has 0 aromatic heterocycles. The van der Waals surface area contributed by atoms with Gasteiger partial charge >= 0.3 is 0 Å². The molecule has 84 valence electrons. The summed E-state index contributed by atoms with van der Waals surface area (Å²) in [7, 11) is 0. The molecule has 0 saturated carbocycles. The molecule has 1 aliphatic heterocycles. The largest absolute Gasteiger partial charge is 0.394 e. The fourth-order valence-electron chi connectivity index (χ4n) is 1.25. The zero-order valence-corrected chi connectivity index (χ0v) is 7.11.